The molecule has 5 aliphatic rings. The van der Waals surface area contributed by atoms with Crippen molar-refractivity contribution in [3.05, 3.63) is 34.9 Å². The summed E-state index contributed by atoms with van der Waals surface area (Å²) in [5.74, 6) is -0.761. The van der Waals surface area contributed by atoms with Crippen molar-refractivity contribution in [3.8, 4) is 0 Å². The van der Waals surface area contributed by atoms with Crippen LogP contribution in [-0.2, 0) is 22.7 Å². The smallest absolute Gasteiger partial charge is 0.255 e. The second-order valence-electron chi connectivity index (χ2n) is 8.74. The lowest BCUT2D eigenvalue weighted by Gasteiger charge is -2.46. The van der Waals surface area contributed by atoms with Gasteiger partial charge in [0.05, 0.1) is 0 Å². The molecule has 2 heterocycles. The maximum atomic E-state index is 12.7. The summed E-state index contributed by atoms with van der Waals surface area (Å²) >= 11 is 0. The first-order chi connectivity index (χ1) is 12.9. The quantitative estimate of drug-likeness (QED) is 0.674. The number of amides is 3. The normalized spacial score (nSPS) is 34.5. The Hall–Kier alpha value is -2.25. The second-order valence-corrected chi connectivity index (χ2v) is 8.74. The van der Waals surface area contributed by atoms with Gasteiger partial charge in [0, 0.05) is 36.2 Å². The van der Waals surface area contributed by atoms with Crippen LogP contribution in [-0.4, -0.2) is 39.7 Å². The Morgan fingerprint density at radius 3 is 2.74 bits per heavy atom. The summed E-state index contributed by atoms with van der Waals surface area (Å²) in [5, 5.41) is 6.01. The van der Waals surface area contributed by atoms with E-state index in [0.29, 0.717) is 18.5 Å². The molecule has 4 fully saturated rings. The molecule has 6 rings (SSSR count). The van der Waals surface area contributed by atoms with E-state index in [4.69, 9.17) is 5.73 Å². The Kier molecular flexibility index (Phi) is 3.52. The highest BCUT2D eigenvalue weighted by atomic mass is 16.2. The molecule has 7 heteroatoms. The molecule has 3 aliphatic carbocycles. The third kappa shape index (κ3) is 2.68. The molecule has 1 unspecified atom stereocenters. The van der Waals surface area contributed by atoms with Crippen LogP contribution in [0.1, 0.15) is 60.0 Å². The van der Waals surface area contributed by atoms with Crippen molar-refractivity contribution < 1.29 is 14.4 Å². The first-order valence-electron chi connectivity index (χ1n) is 9.67. The van der Waals surface area contributed by atoms with Gasteiger partial charge in [0.1, 0.15) is 6.04 Å². The largest absolute Gasteiger partial charge is 0.325 e. The molecule has 2 aliphatic heterocycles. The third-order valence-corrected chi connectivity index (χ3v) is 6.74. The van der Waals surface area contributed by atoms with Crippen LogP contribution in [0.2, 0.25) is 0 Å². The molecule has 7 nitrogen and oxygen atoms in total. The maximum absolute atomic E-state index is 12.7. The lowest BCUT2D eigenvalue weighted by atomic mass is 9.72. The van der Waals surface area contributed by atoms with Gasteiger partial charge in [-0.2, -0.15) is 0 Å². The van der Waals surface area contributed by atoms with Crippen LogP contribution in [0.5, 0.6) is 0 Å². The van der Waals surface area contributed by atoms with Crippen LogP contribution in [0.3, 0.4) is 0 Å². The van der Waals surface area contributed by atoms with Gasteiger partial charge in [0.25, 0.3) is 5.91 Å². The average molecular weight is 368 g/mol. The molecule has 0 spiro atoms. The van der Waals surface area contributed by atoms with Crippen LogP contribution in [0.15, 0.2) is 18.2 Å². The number of carbonyl (C=O) groups is 3. The van der Waals surface area contributed by atoms with Crippen LogP contribution in [0.25, 0.3) is 0 Å². The Bertz CT molecular complexity index is 859. The molecular weight excluding hydrogens is 344 g/mol. The minimum absolute atomic E-state index is 0.0554. The summed E-state index contributed by atoms with van der Waals surface area (Å²) in [7, 11) is 0. The summed E-state index contributed by atoms with van der Waals surface area (Å²) in [5.41, 5.74) is 9.26. The van der Waals surface area contributed by atoms with Crippen LogP contribution < -0.4 is 16.4 Å². The Morgan fingerprint density at radius 1 is 1.22 bits per heavy atom. The van der Waals surface area contributed by atoms with Crippen molar-refractivity contribution >= 4 is 17.7 Å². The molecule has 1 aromatic carbocycles. The highest BCUT2D eigenvalue weighted by molar-refractivity contribution is 6.05. The summed E-state index contributed by atoms with van der Waals surface area (Å²) < 4.78 is 0. The average Bonchev–Trinajstić information content (AvgIpc) is 3.22. The number of rotatable bonds is 4. The molecule has 3 amide bonds. The molecule has 1 atom stereocenters. The van der Waals surface area contributed by atoms with Crippen molar-refractivity contribution in [3.63, 3.8) is 0 Å². The van der Waals surface area contributed by atoms with E-state index in [1.54, 1.807) is 4.90 Å². The van der Waals surface area contributed by atoms with Gasteiger partial charge in [-0.3, -0.25) is 19.7 Å². The van der Waals surface area contributed by atoms with Crippen molar-refractivity contribution in [2.45, 2.75) is 68.7 Å². The molecule has 2 bridgehead atoms. The van der Waals surface area contributed by atoms with E-state index in [1.807, 2.05) is 12.1 Å². The number of carbonyl (C=O) groups excluding carboxylic acids is 3. The molecule has 3 saturated carbocycles. The lowest BCUT2D eigenvalue weighted by molar-refractivity contribution is -0.136. The topological polar surface area (TPSA) is 105 Å². The number of hydrogen-bond acceptors (Lipinski definition) is 5. The van der Waals surface area contributed by atoms with Gasteiger partial charge in [-0.25, -0.2) is 0 Å². The predicted molar refractivity (Wildman–Crippen MR) is 97.4 cm³/mol. The van der Waals surface area contributed by atoms with E-state index in [-0.39, 0.29) is 35.2 Å². The minimum atomic E-state index is -0.561. The Labute approximate surface area is 157 Å². The Balaban J connectivity index is 1.28. The molecule has 4 N–H and O–H groups in total. The molecule has 142 valence electrons. The Morgan fingerprint density at radius 2 is 2.04 bits per heavy atom. The molecule has 1 saturated heterocycles. The lowest BCUT2D eigenvalue weighted by Crippen LogP contribution is -2.60. The molecule has 0 aromatic heterocycles. The highest BCUT2D eigenvalue weighted by Crippen LogP contribution is 2.53. The van der Waals surface area contributed by atoms with Crippen LogP contribution >= 0.6 is 0 Å². The van der Waals surface area contributed by atoms with Crippen molar-refractivity contribution in [2.24, 2.45) is 5.73 Å². The van der Waals surface area contributed by atoms with Gasteiger partial charge in [-0.05, 0) is 49.3 Å². The van der Waals surface area contributed by atoms with E-state index in [0.717, 1.165) is 43.4 Å². The van der Waals surface area contributed by atoms with Gasteiger partial charge >= 0.3 is 0 Å². The van der Waals surface area contributed by atoms with Gasteiger partial charge in [0.15, 0.2) is 0 Å². The van der Waals surface area contributed by atoms with E-state index in [1.165, 1.54) is 0 Å². The van der Waals surface area contributed by atoms with Gasteiger partial charge in [0.2, 0.25) is 11.8 Å². The number of hydrogen-bond donors (Lipinski definition) is 3. The number of imide groups is 1. The number of nitrogens with one attached hydrogen (secondary N) is 2. The SMILES string of the molecule is NC12CCC(NCc3ccc4c(c3)CN(C3CCC(=O)NC3=O)C4=O)(C1)C2. The van der Waals surface area contributed by atoms with E-state index >= 15 is 0 Å². The molecule has 1 aromatic rings. The first kappa shape index (κ1) is 16.9. The van der Waals surface area contributed by atoms with Crippen LogP contribution in [0.4, 0.5) is 0 Å². The fraction of sp³-hybridized carbons (Fsp3) is 0.550. The molecule has 0 radical (unpaired) electrons. The number of nitrogens with two attached hydrogens (primary N) is 1. The molecule has 27 heavy (non-hydrogen) atoms. The number of piperidine rings is 1. The zero-order valence-corrected chi connectivity index (χ0v) is 15.2. The summed E-state index contributed by atoms with van der Waals surface area (Å²) in [6, 6.07) is 5.35. The fourth-order valence-electron chi connectivity index (χ4n) is 5.38. The van der Waals surface area contributed by atoms with E-state index < -0.39 is 6.04 Å². The third-order valence-electron chi connectivity index (χ3n) is 6.74. The zero-order valence-electron chi connectivity index (χ0n) is 15.2. The van der Waals surface area contributed by atoms with Gasteiger partial charge in [-0.1, -0.05) is 12.1 Å². The highest BCUT2D eigenvalue weighted by Gasteiger charge is 2.58. The van der Waals surface area contributed by atoms with E-state index in [2.05, 4.69) is 16.7 Å². The minimum Gasteiger partial charge on any atom is -0.325 e. The molecular formula is C20H24N4O3. The standard InChI is InChI=1S/C20H24N4O3/c21-19-5-6-20(10-19,11-19)22-8-12-1-2-14-13(7-12)9-24(18(14)27)15-3-4-16(25)23-17(15)26/h1-2,7,15,22H,3-6,8-11,21H2,(H,23,25,26). The summed E-state index contributed by atoms with van der Waals surface area (Å²) in [4.78, 5) is 37.8. The monoisotopic (exact) mass is 368 g/mol. The number of fused-ring (bicyclic) bond motifs is 2. The maximum Gasteiger partial charge on any atom is 0.255 e. The van der Waals surface area contributed by atoms with Crippen molar-refractivity contribution in [2.75, 3.05) is 0 Å². The van der Waals surface area contributed by atoms with Crippen molar-refractivity contribution in [1.82, 2.24) is 15.5 Å². The van der Waals surface area contributed by atoms with Crippen molar-refractivity contribution in [1.29, 1.82) is 0 Å². The number of nitrogens with zero attached hydrogens (tertiary/aromatic N) is 1. The number of benzene rings is 1. The summed E-state index contributed by atoms with van der Waals surface area (Å²) in [6.07, 6.45) is 4.99. The van der Waals surface area contributed by atoms with Crippen LogP contribution in [0, 0.1) is 0 Å². The van der Waals surface area contributed by atoms with Gasteiger partial charge in [-0.15, -0.1) is 0 Å². The van der Waals surface area contributed by atoms with Gasteiger partial charge < -0.3 is 16.0 Å². The first-order valence-corrected chi connectivity index (χ1v) is 9.67. The summed E-state index contributed by atoms with van der Waals surface area (Å²) in [6.45, 7) is 1.18. The zero-order chi connectivity index (χ0) is 18.8. The fourth-order valence-corrected chi connectivity index (χ4v) is 5.38. The predicted octanol–water partition coefficient (Wildman–Crippen LogP) is 0.561. The van der Waals surface area contributed by atoms with E-state index in [9.17, 15) is 14.4 Å². The second kappa shape index (κ2) is 5.62.